The normalized spacial score (nSPS) is 16.8. The molecule has 0 bridgehead atoms. The van der Waals surface area contributed by atoms with E-state index in [1.54, 1.807) is 11.3 Å². The van der Waals surface area contributed by atoms with E-state index in [-0.39, 0.29) is 0 Å². The number of hydrogen-bond donors (Lipinski definition) is 1. The SMILES string of the molecule is CCNC(=NCc1cccs1)N1CCCC1. The van der Waals surface area contributed by atoms with Crippen molar-refractivity contribution in [1.82, 2.24) is 10.2 Å². The van der Waals surface area contributed by atoms with E-state index >= 15 is 0 Å². The van der Waals surface area contributed by atoms with Crippen LogP contribution in [0, 0.1) is 0 Å². The Morgan fingerprint density at radius 3 is 2.94 bits per heavy atom. The highest BCUT2D eigenvalue weighted by Gasteiger charge is 2.15. The molecule has 0 atom stereocenters. The Bertz CT molecular complexity index is 326. The summed E-state index contributed by atoms with van der Waals surface area (Å²) in [7, 11) is 0. The predicted molar refractivity (Wildman–Crippen MR) is 69.9 cm³/mol. The summed E-state index contributed by atoms with van der Waals surface area (Å²) in [6.45, 7) is 6.17. The van der Waals surface area contributed by atoms with Gasteiger partial charge in [0.25, 0.3) is 0 Å². The number of rotatable bonds is 3. The average molecular weight is 237 g/mol. The Hall–Kier alpha value is -1.03. The van der Waals surface area contributed by atoms with Crippen molar-refractivity contribution in [3.05, 3.63) is 22.4 Å². The van der Waals surface area contributed by atoms with Gasteiger partial charge >= 0.3 is 0 Å². The van der Waals surface area contributed by atoms with Gasteiger partial charge in [-0.3, -0.25) is 0 Å². The molecule has 0 unspecified atom stereocenters. The van der Waals surface area contributed by atoms with E-state index in [9.17, 15) is 0 Å². The third kappa shape index (κ3) is 2.98. The minimum Gasteiger partial charge on any atom is -0.357 e. The molecule has 4 heteroatoms. The highest BCUT2D eigenvalue weighted by Crippen LogP contribution is 2.11. The van der Waals surface area contributed by atoms with Crippen LogP contribution < -0.4 is 5.32 Å². The molecule has 0 aliphatic carbocycles. The Balaban J connectivity index is 1.97. The van der Waals surface area contributed by atoms with E-state index in [0.717, 1.165) is 32.1 Å². The number of nitrogens with one attached hydrogen (secondary N) is 1. The maximum Gasteiger partial charge on any atom is 0.194 e. The van der Waals surface area contributed by atoms with Gasteiger partial charge in [-0.2, -0.15) is 0 Å². The molecular formula is C12H19N3S. The van der Waals surface area contributed by atoms with E-state index in [4.69, 9.17) is 0 Å². The fourth-order valence-corrected chi connectivity index (χ4v) is 2.54. The van der Waals surface area contributed by atoms with Gasteiger partial charge in [-0.1, -0.05) is 6.07 Å². The Morgan fingerprint density at radius 1 is 1.50 bits per heavy atom. The van der Waals surface area contributed by atoms with Crippen LogP contribution in [0.15, 0.2) is 22.5 Å². The molecule has 0 amide bonds. The lowest BCUT2D eigenvalue weighted by Gasteiger charge is -2.20. The van der Waals surface area contributed by atoms with Crippen LogP contribution in [0.25, 0.3) is 0 Å². The first-order valence-electron chi connectivity index (χ1n) is 5.96. The van der Waals surface area contributed by atoms with Crippen molar-refractivity contribution < 1.29 is 0 Å². The molecule has 1 aromatic rings. The Morgan fingerprint density at radius 2 is 2.31 bits per heavy atom. The van der Waals surface area contributed by atoms with E-state index in [0.29, 0.717) is 0 Å². The molecule has 0 radical (unpaired) electrons. The number of nitrogens with zero attached hydrogens (tertiary/aromatic N) is 2. The highest BCUT2D eigenvalue weighted by molar-refractivity contribution is 7.09. The summed E-state index contributed by atoms with van der Waals surface area (Å²) in [6, 6.07) is 4.22. The highest BCUT2D eigenvalue weighted by atomic mass is 32.1. The molecule has 1 aromatic heterocycles. The molecule has 0 spiro atoms. The second kappa shape index (κ2) is 5.89. The maximum absolute atomic E-state index is 4.68. The van der Waals surface area contributed by atoms with Crippen LogP contribution in [0.3, 0.4) is 0 Å². The smallest absolute Gasteiger partial charge is 0.194 e. The van der Waals surface area contributed by atoms with Crippen molar-refractivity contribution in [2.45, 2.75) is 26.3 Å². The van der Waals surface area contributed by atoms with Gasteiger partial charge in [0.05, 0.1) is 6.54 Å². The number of hydrogen-bond acceptors (Lipinski definition) is 2. The van der Waals surface area contributed by atoms with Crippen LogP contribution in [0.5, 0.6) is 0 Å². The minimum atomic E-state index is 0.802. The molecule has 1 fully saturated rings. The molecule has 88 valence electrons. The molecule has 0 aromatic carbocycles. The van der Waals surface area contributed by atoms with Crippen LogP contribution in [0.1, 0.15) is 24.6 Å². The van der Waals surface area contributed by atoms with Gasteiger partial charge in [0.15, 0.2) is 5.96 Å². The molecular weight excluding hydrogens is 218 g/mol. The maximum atomic E-state index is 4.68. The summed E-state index contributed by atoms with van der Waals surface area (Å²) in [6.07, 6.45) is 2.59. The fourth-order valence-electron chi connectivity index (χ4n) is 1.91. The molecule has 2 heterocycles. The molecule has 2 rings (SSSR count). The van der Waals surface area contributed by atoms with Crippen LogP contribution in [0.4, 0.5) is 0 Å². The lowest BCUT2D eigenvalue weighted by Crippen LogP contribution is -2.39. The van der Waals surface area contributed by atoms with Crippen molar-refractivity contribution >= 4 is 17.3 Å². The summed E-state index contributed by atoms with van der Waals surface area (Å²) in [5, 5.41) is 5.47. The van der Waals surface area contributed by atoms with Crippen LogP contribution in [-0.2, 0) is 6.54 Å². The zero-order valence-electron chi connectivity index (χ0n) is 9.78. The van der Waals surface area contributed by atoms with Crippen molar-refractivity contribution in [3.63, 3.8) is 0 Å². The van der Waals surface area contributed by atoms with Gasteiger partial charge in [0.1, 0.15) is 0 Å². The molecule has 0 saturated carbocycles. The van der Waals surface area contributed by atoms with Gasteiger partial charge in [0, 0.05) is 24.5 Å². The first-order valence-corrected chi connectivity index (χ1v) is 6.83. The molecule has 1 N–H and O–H groups in total. The Labute approximate surface area is 101 Å². The number of guanidine groups is 1. The minimum absolute atomic E-state index is 0.802. The summed E-state index contributed by atoms with van der Waals surface area (Å²) in [5.41, 5.74) is 0. The van der Waals surface area contributed by atoms with E-state index < -0.39 is 0 Å². The number of aliphatic imine (C=N–C) groups is 1. The van der Waals surface area contributed by atoms with E-state index in [1.807, 2.05) is 0 Å². The molecule has 1 saturated heterocycles. The Kier molecular flexibility index (Phi) is 4.22. The van der Waals surface area contributed by atoms with Crippen LogP contribution in [-0.4, -0.2) is 30.5 Å². The first-order chi connectivity index (χ1) is 7.90. The standard InChI is InChI=1S/C12H19N3S/c1-2-13-12(15-7-3-4-8-15)14-10-11-6-5-9-16-11/h5-6,9H,2-4,7-8,10H2,1H3,(H,13,14). The molecule has 16 heavy (non-hydrogen) atoms. The van der Waals surface area contributed by atoms with Crippen molar-refractivity contribution in [2.24, 2.45) is 4.99 Å². The lowest BCUT2D eigenvalue weighted by molar-refractivity contribution is 0.494. The molecule has 1 aliphatic rings. The third-order valence-electron chi connectivity index (χ3n) is 2.71. The van der Waals surface area contributed by atoms with Gasteiger partial charge in [-0.05, 0) is 31.2 Å². The third-order valence-corrected chi connectivity index (χ3v) is 3.57. The van der Waals surface area contributed by atoms with Crippen molar-refractivity contribution in [1.29, 1.82) is 0 Å². The zero-order chi connectivity index (χ0) is 11.2. The number of thiophene rings is 1. The molecule has 3 nitrogen and oxygen atoms in total. The second-order valence-electron chi connectivity index (χ2n) is 3.94. The summed E-state index contributed by atoms with van der Waals surface area (Å²) < 4.78 is 0. The van der Waals surface area contributed by atoms with Crippen molar-refractivity contribution in [2.75, 3.05) is 19.6 Å². The van der Waals surface area contributed by atoms with Gasteiger partial charge in [-0.15, -0.1) is 11.3 Å². The zero-order valence-corrected chi connectivity index (χ0v) is 10.6. The average Bonchev–Trinajstić information content (AvgIpc) is 2.96. The first kappa shape index (κ1) is 11.5. The summed E-state index contributed by atoms with van der Waals surface area (Å²) >= 11 is 1.77. The number of likely N-dealkylation sites (tertiary alicyclic amines) is 1. The quantitative estimate of drug-likeness (QED) is 0.645. The van der Waals surface area contributed by atoms with Gasteiger partial charge in [0.2, 0.25) is 0 Å². The second-order valence-corrected chi connectivity index (χ2v) is 4.98. The van der Waals surface area contributed by atoms with E-state index in [2.05, 4.69) is 39.6 Å². The topological polar surface area (TPSA) is 27.6 Å². The van der Waals surface area contributed by atoms with Gasteiger partial charge < -0.3 is 10.2 Å². The summed E-state index contributed by atoms with van der Waals surface area (Å²) in [4.78, 5) is 8.37. The summed E-state index contributed by atoms with van der Waals surface area (Å²) in [5.74, 6) is 1.08. The fraction of sp³-hybridized carbons (Fsp3) is 0.583. The van der Waals surface area contributed by atoms with Crippen LogP contribution >= 0.6 is 11.3 Å². The van der Waals surface area contributed by atoms with Gasteiger partial charge in [-0.25, -0.2) is 4.99 Å². The predicted octanol–water partition coefficient (Wildman–Crippen LogP) is 2.31. The largest absolute Gasteiger partial charge is 0.357 e. The van der Waals surface area contributed by atoms with Crippen molar-refractivity contribution in [3.8, 4) is 0 Å². The van der Waals surface area contributed by atoms with Crippen LogP contribution in [0.2, 0.25) is 0 Å². The lowest BCUT2D eigenvalue weighted by atomic mass is 10.4. The molecule has 1 aliphatic heterocycles. The van der Waals surface area contributed by atoms with E-state index in [1.165, 1.54) is 17.7 Å². The monoisotopic (exact) mass is 237 g/mol.